The lowest BCUT2D eigenvalue weighted by Crippen LogP contribution is -1.94. The number of carbonyl (C=O) groups is 1. The molecule has 0 unspecified atom stereocenters. The third kappa shape index (κ3) is 2.62. The molecule has 0 spiro atoms. The minimum Gasteiger partial charge on any atom is -0.477 e. The minimum atomic E-state index is -0.914. The number of thiophene rings is 1. The second kappa shape index (κ2) is 5.85. The number of fused-ring (bicyclic) bond motifs is 1. The van der Waals surface area contributed by atoms with Gasteiger partial charge in [0.05, 0.1) is 10.6 Å². The van der Waals surface area contributed by atoms with Crippen molar-refractivity contribution in [2.45, 2.75) is 6.92 Å². The summed E-state index contributed by atoms with van der Waals surface area (Å²) in [7, 11) is 0. The fourth-order valence-electron chi connectivity index (χ4n) is 2.65. The molecule has 0 bridgehead atoms. The Morgan fingerprint density at radius 3 is 2.46 bits per heavy atom. The SMILES string of the molecule is Cc1nc(-c2ccc(-c3ccc4ccccc4c3)s2)sc1C(=O)O. The van der Waals surface area contributed by atoms with Gasteiger partial charge in [-0.25, -0.2) is 9.78 Å². The van der Waals surface area contributed by atoms with Crippen LogP contribution in [0.25, 0.3) is 31.1 Å². The number of aromatic nitrogens is 1. The van der Waals surface area contributed by atoms with Crippen LogP contribution in [0.1, 0.15) is 15.4 Å². The fraction of sp³-hybridized carbons (Fsp3) is 0.0526. The van der Waals surface area contributed by atoms with Gasteiger partial charge in [-0.3, -0.25) is 0 Å². The van der Waals surface area contributed by atoms with E-state index in [-0.39, 0.29) is 0 Å². The highest BCUT2D eigenvalue weighted by molar-refractivity contribution is 7.24. The first-order chi connectivity index (χ1) is 11.6. The average Bonchev–Trinajstić information content (AvgIpc) is 3.21. The van der Waals surface area contributed by atoms with Gasteiger partial charge < -0.3 is 5.11 Å². The largest absolute Gasteiger partial charge is 0.477 e. The number of carboxylic acids is 1. The van der Waals surface area contributed by atoms with Crippen LogP contribution in [0.5, 0.6) is 0 Å². The molecule has 4 rings (SSSR count). The van der Waals surface area contributed by atoms with Gasteiger partial charge in [0.2, 0.25) is 0 Å². The second-order valence-corrected chi connectivity index (χ2v) is 7.55. The normalized spacial score (nSPS) is 11.0. The van der Waals surface area contributed by atoms with E-state index in [2.05, 4.69) is 41.4 Å². The fourth-order valence-corrected chi connectivity index (χ4v) is 4.61. The van der Waals surface area contributed by atoms with Crippen LogP contribution in [0.2, 0.25) is 0 Å². The molecule has 5 heteroatoms. The maximum absolute atomic E-state index is 11.2. The highest BCUT2D eigenvalue weighted by Crippen LogP contribution is 2.37. The van der Waals surface area contributed by atoms with Gasteiger partial charge in [0.1, 0.15) is 9.88 Å². The topological polar surface area (TPSA) is 50.2 Å². The highest BCUT2D eigenvalue weighted by atomic mass is 32.1. The van der Waals surface area contributed by atoms with E-state index in [0.29, 0.717) is 10.6 Å². The first-order valence-corrected chi connectivity index (χ1v) is 9.05. The Bertz CT molecular complexity index is 1060. The van der Waals surface area contributed by atoms with Crippen molar-refractivity contribution in [3.63, 3.8) is 0 Å². The molecule has 3 nitrogen and oxygen atoms in total. The molecule has 1 N–H and O–H groups in total. The van der Waals surface area contributed by atoms with E-state index >= 15 is 0 Å². The molecule has 0 fully saturated rings. The van der Waals surface area contributed by atoms with Crippen LogP contribution in [0, 0.1) is 6.92 Å². The minimum absolute atomic E-state index is 0.311. The molecular formula is C19H13NO2S2. The molecule has 0 aliphatic carbocycles. The Morgan fingerprint density at radius 2 is 1.71 bits per heavy atom. The van der Waals surface area contributed by atoms with Gasteiger partial charge in [0.15, 0.2) is 0 Å². The van der Waals surface area contributed by atoms with Crippen molar-refractivity contribution in [2.24, 2.45) is 0 Å². The van der Waals surface area contributed by atoms with Crippen LogP contribution in [0.4, 0.5) is 0 Å². The Hall–Kier alpha value is -2.50. The summed E-state index contributed by atoms with van der Waals surface area (Å²) < 4.78 is 0. The summed E-state index contributed by atoms with van der Waals surface area (Å²) in [5.74, 6) is -0.914. The molecule has 118 valence electrons. The van der Waals surface area contributed by atoms with Crippen LogP contribution >= 0.6 is 22.7 Å². The molecule has 2 aromatic heterocycles. The molecule has 0 radical (unpaired) electrons. The summed E-state index contributed by atoms with van der Waals surface area (Å²) in [6.07, 6.45) is 0. The molecule has 2 heterocycles. The van der Waals surface area contributed by atoms with Gasteiger partial charge in [-0.1, -0.05) is 36.4 Å². The number of aryl methyl sites for hydroxylation is 1. The molecule has 0 atom stereocenters. The van der Waals surface area contributed by atoms with Crippen molar-refractivity contribution in [3.8, 4) is 20.3 Å². The van der Waals surface area contributed by atoms with E-state index in [1.807, 2.05) is 18.2 Å². The van der Waals surface area contributed by atoms with Crippen molar-refractivity contribution in [2.75, 3.05) is 0 Å². The molecule has 0 saturated heterocycles. The van der Waals surface area contributed by atoms with E-state index in [0.717, 1.165) is 20.3 Å². The Balaban J connectivity index is 1.73. The van der Waals surface area contributed by atoms with E-state index < -0.39 is 5.97 Å². The van der Waals surface area contributed by atoms with E-state index in [1.165, 1.54) is 22.1 Å². The molecule has 0 aliphatic rings. The quantitative estimate of drug-likeness (QED) is 0.515. The molecular weight excluding hydrogens is 338 g/mol. The van der Waals surface area contributed by atoms with Crippen molar-refractivity contribution in [1.82, 2.24) is 4.98 Å². The van der Waals surface area contributed by atoms with Crippen molar-refractivity contribution < 1.29 is 9.90 Å². The second-order valence-electron chi connectivity index (χ2n) is 5.46. The molecule has 0 aliphatic heterocycles. The van der Waals surface area contributed by atoms with Gasteiger partial charge in [0, 0.05) is 4.88 Å². The summed E-state index contributed by atoms with van der Waals surface area (Å²) >= 11 is 2.87. The first kappa shape index (κ1) is 15.1. The van der Waals surface area contributed by atoms with Crippen LogP contribution < -0.4 is 0 Å². The lowest BCUT2D eigenvalue weighted by molar-refractivity contribution is 0.0701. The van der Waals surface area contributed by atoms with Crippen molar-refractivity contribution >= 4 is 39.4 Å². The number of thiazole rings is 1. The Morgan fingerprint density at radius 1 is 0.958 bits per heavy atom. The van der Waals surface area contributed by atoms with Gasteiger partial charge in [-0.2, -0.15) is 0 Å². The van der Waals surface area contributed by atoms with Crippen molar-refractivity contribution in [1.29, 1.82) is 0 Å². The zero-order valence-corrected chi connectivity index (χ0v) is 14.4. The van der Waals surface area contributed by atoms with Gasteiger partial charge in [0.25, 0.3) is 0 Å². The van der Waals surface area contributed by atoms with Crippen LogP contribution in [-0.4, -0.2) is 16.1 Å². The van der Waals surface area contributed by atoms with E-state index in [9.17, 15) is 9.90 Å². The number of nitrogens with zero attached hydrogens (tertiary/aromatic N) is 1. The number of hydrogen-bond acceptors (Lipinski definition) is 4. The molecule has 24 heavy (non-hydrogen) atoms. The Kier molecular flexibility index (Phi) is 3.67. The lowest BCUT2D eigenvalue weighted by atomic mass is 10.1. The average molecular weight is 351 g/mol. The lowest BCUT2D eigenvalue weighted by Gasteiger charge is -2.01. The zero-order valence-electron chi connectivity index (χ0n) is 12.8. The smallest absolute Gasteiger partial charge is 0.347 e. The number of rotatable bonds is 3. The van der Waals surface area contributed by atoms with E-state index in [4.69, 9.17) is 0 Å². The molecule has 4 aromatic rings. The number of hydrogen-bond donors (Lipinski definition) is 1. The van der Waals surface area contributed by atoms with Crippen LogP contribution in [0.15, 0.2) is 54.6 Å². The summed E-state index contributed by atoms with van der Waals surface area (Å²) in [6.45, 7) is 1.74. The van der Waals surface area contributed by atoms with Crippen LogP contribution in [0.3, 0.4) is 0 Å². The highest BCUT2D eigenvalue weighted by Gasteiger charge is 2.16. The third-order valence-corrected chi connectivity index (χ3v) is 6.29. The predicted octanol–water partition coefficient (Wildman–Crippen LogP) is 5.70. The van der Waals surface area contributed by atoms with Crippen LogP contribution in [-0.2, 0) is 0 Å². The van der Waals surface area contributed by atoms with Gasteiger partial charge in [-0.15, -0.1) is 22.7 Å². The third-order valence-electron chi connectivity index (χ3n) is 3.84. The first-order valence-electron chi connectivity index (χ1n) is 7.42. The van der Waals surface area contributed by atoms with Gasteiger partial charge >= 0.3 is 5.97 Å². The summed E-state index contributed by atoms with van der Waals surface area (Å²) in [5, 5.41) is 12.4. The number of carboxylic acid groups (broad SMARTS) is 1. The molecule has 2 aromatic carbocycles. The molecule has 0 saturated carbocycles. The van der Waals surface area contributed by atoms with Crippen molar-refractivity contribution in [3.05, 3.63) is 65.2 Å². The predicted molar refractivity (Wildman–Crippen MR) is 100 cm³/mol. The maximum atomic E-state index is 11.2. The number of aromatic carboxylic acids is 1. The Labute approximate surface area is 146 Å². The monoisotopic (exact) mass is 351 g/mol. The summed E-state index contributed by atoms with van der Waals surface area (Å²) in [4.78, 5) is 18.1. The summed E-state index contributed by atoms with van der Waals surface area (Å²) in [6, 6.07) is 18.8. The maximum Gasteiger partial charge on any atom is 0.347 e. The van der Waals surface area contributed by atoms with E-state index in [1.54, 1.807) is 18.3 Å². The zero-order chi connectivity index (χ0) is 16.7. The summed E-state index contributed by atoms with van der Waals surface area (Å²) in [5.41, 5.74) is 1.74. The molecule has 0 amide bonds. The van der Waals surface area contributed by atoms with Gasteiger partial charge in [-0.05, 0) is 41.5 Å². The standard InChI is InChI=1S/C19H13NO2S2/c1-11-17(19(21)22)24-18(20-11)16-9-8-15(23-16)14-7-6-12-4-2-3-5-13(12)10-14/h2-10H,1H3,(H,21,22). The number of benzene rings is 2.